The Labute approximate surface area is 163 Å². The smallest absolute Gasteiger partial charge is 0.229 e. The minimum absolute atomic E-state index is 0.448. The van der Waals surface area contributed by atoms with Crippen LogP contribution in [0.5, 0.6) is 11.5 Å². The Hall–Kier alpha value is -2.99. The lowest BCUT2D eigenvalue weighted by molar-refractivity contribution is 0.405. The normalized spacial score (nSPS) is 10.4. The van der Waals surface area contributed by atoms with Gasteiger partial charge in [-0.15, -0.1) is 0 Å². The Morgan fingerprint density at radius 1 is 0.889 bits per heavy atom. The SMILES string of the molecule is COc1ccc(OC)c(Nc2nc(C)cc(Nc3cccc(Cl)c3C)n2)c1. The van der Waals surface area contributed by atoms with Crippen LogP contribution >= 0.6 is 11.6 Å². The minimum Gasteiger partial charge on any atom is -0.497 e. The molecule has 0 radical (unpaired) electrons. The van der Waals surface area contributed by atoms with Gasteiger partial charge in [0, 0.05) is 28.5 Å². The summed E-state index contributed by atoms with van der Waals surface area (Å²) in [5.74, 6) is 2.49. The Kier molecular flexibility index (Phi) is 5.66. The van der Waals surface area contributed by atoms with Gasteiger partial charge in [0.15, 0.2) is 0 Å². The molecule has 1 aromatic heterocycles. The van der Waals surface area contributed by atoms with E-state index in [-0.39, 0.29) is 0 Å². The maximum Gasteiger partial charge on any atom is 0.229 e. The number of halogens is 1. The molecule has 0 bridgehead atoms. The largest absolute Gasteiger partial charge is 0.497 e. The van der Waals surface area contributed by atoms with Gasteiger partial charge in [-0.3, -0.25) is 0 Å². The molecule has 0 atom stereocenters. The molecule has 0 fully saturated rings. The highest BCUT2D eigenvalue weighted by Gasteiger charge is 2.10. The van der Waals surface area contributed by atoms with Crippen molar-refractivity contribution in [2.75, 3.05) is 24.9 Å². The summed E-state index contributed by atoms with van der Waals surface area (Å²) in [5, 5.41) is 7.20. The highest BCUT2D eigenvalue weighted by Crippen LogP contribution is 2.31. The van der Waals surface area contributed by atoms with E-state index in [1.165, 1.54) is 0 Å². The molecule has 0 aliphatic rings. The molecule has 3 aromatic rings. The Morgan fingerprint density at radius 3 is 2.44 bits per heavy atom. The summed E-state index contributed by atoms with van der Waals surface area (Å²) in [6.45, 7) is 3.87. The first kappa shape index (κ1) is 18.8. The number of ether oxygens (including phenoxy) is 2. The summed E-state index contributed by atoms with van der Waals surface area (Å²) < 4.78 is 10.7. The number of aromatic nitrogens is 2. The summed E-state index contributed by atoms with van der Waals surface area (Å²) >= 11 is 6.20. The number of aryl methyl sites for hydroxylation is 1. The first-order valence-corrected chi connectivity index (χ1v) is 8.75. The van der Waals surface area contributed by atoms with Gasteiger partial charge >= 0.3 is 0 Å². The van der Waals surface area contributed by atoms with E-state index in [4.69, 9.17) is 21.1 Å². The van der Waals surface area contributed by atoms with Crippen molar-refractivity contribution < 1.29 is 9.47 Å². The van der Waals surface area contributed by atoms with Crippen LogP contribution in [0.4, 0.5) is 23.1 Å². The molecule has 1 heterocycles. The molecule has 0 amide bonds. The maximum atomic E-state index is 6.20. The highest BCUT2D eigenvalue weighted by atomic mass is 35.5. The van der Waals surface area contributed by atoms with Gasteiger partial charge in [-0.2, -0.15) is 4.98 Å². The molecule has 0 aliphatic heterocycles. The molecule has 7 heteroatoms. The van der Waals surface area contributed by atoms with Crippen molar-refractivity contribution in [3.8, 4) is 11.5 Å². The maximum absolute atomic E-state index is 6.20. The standard InChI is InChI=1S/C20H21ClN4O2/c1-12-10-19(23-16-7-5-6-15(21)13(16)2)25-20(22-12)24-17-11-14(26-3)8-9-18(17)27-4/h5-11H,1-4H3,(H2,22,23,24,25). The number of nitrogens with zero attached hydrogens (tertiary/aromatic N) is 2. The Morgan fingerprint density at radius 2 is 1.70 bits per heavy atom. The number of methoxy groups -OCH3 is 2. The van der Waals surface area contributed by atoms with E-state index in [1.807, 2.05) is 56.3 Å². The van der Waals surface area contributed by atoms with Crippen LogP contribution < -0.4 is 20.1 Å². The van der Waals surface area contributed by atoms with Crippen molar-refractivity contribution >= 4 is 34.7 Å². The first-order valence-electron chi connectivity index (χ1n) is 8.37. The molecule has 140 valence electrons. The fourth-order valence-electron chi connectivity index (χ4n) is 2.60. The van der Waals surface area contributed by atoms with Crippen LogP contribution in [0.3, 0.4) is 0 Å². The van der Waals surface area contributed by atoms with Crippen molar-refractivity contribution in [3.05, 3.63) is 58.7 Å². The van der Waals surface area contributed by atoms with Gasteiger partial charge in [0.25, 0.3) is 0 Å². The van der Waals surface area contributed by atoms with Gasteiger partial charge in [0.1, 0.15) is 17.3 Å². The lowest BCUT2D eigenvalue weighted by Gasteiger charge is -2.14. The summed E-state index contributed by atoms with van der Waals surface area (Å²) in [4.78, 5) is 9.01. The molecule has 3 rings (SSSR count). The molecule has 27 heavy (non-hydrogen) atoms. The van der Waals surface area contributed by atoms with Crippen LogP contribution in [0.1, 0.15) is 11.3 Å². The van der Waals surface area contributed by atoms with Gasteiger partial charge in [0.05, 0.1) is 19.9 Å². The second kappa shape index (κ2) is 8.14. The van der Waals surface area contributed by atoms with Crippen LogP contribution in [-0.4, -0.2) is 24.2 Å². The van der Waals surface area contributed by atoms with E-state index in [1.54, 1.807) is 14.2 Å². The van der Waals surface area contributed by atoms with Crippen LogP contribution in [0.15, 0.2) is 42.5 Å². The minimum atomic E-state index is 0.448. The summed E-state index contributed by atoms with van der Waals surface area (Å²) in [6.07, 6.45) is 0. The zero-order valence-electron chi connectivity index (χ0n) is 15.6. The molecule has 0 unspecified atom stereocenters. The summed E-state index contributed by atoms with van der Waals surface area (Å²) in [6, 6.07) is 13.1. The van der Waals surface area contributed by atoms with E-state index in [9.17, 15) is 0 Å². The van der Waals surface area contributed by atoms with Gasteiger partial charge in [-0.25, -0.2) is 4.98 Å². The molecular formula is C20H21ClN4O2. The second-order valence-corrected chi connectivity index (χ2v) is 6.35. The first-order chi connectivity index (χ1) is 13.0. The third kappa shape index (κ3) is 4.41. The Bertz CT molecular complexity index is 963. The van der Waals surface area contributed by atoms with Crippen LogP contribution in [0.25, 0.3) is 0 Å². The molecule has 0 spiro atoms. The second-order valence-electron chi connectivity index (χ2n) is 5.95. The van der Waals surface area contributed by atoms with E-state index >= 15 is 0 Å². The number of anilines is 4. The van der Waals surface area contributed by atoms with Crippen molar-refractivity contribution in [2.24, 2.45) is 0 Å². The number of nitrogens with one attached hydrogen (secondary N) is 2. The molecule has 0 saturated heterocycles. The third-order valence-corrected chi connectivity index (χ3v) is 4.45. The van der Waals surface area contributed by atoms with Crippen LogP contribution in [0, 0.1) is 13.8 Å². The van der Waals surface area contributed by atoms with Crippen molar-refractivity contribution in [3.63, 3.8) is 0 Å². The molecular weight excluding hydrogens is 364 g/mol. The summed E-state index contributed by atoms with van der Waals surface area (Å²) in [7, 11) is 3.23. The number of hydrogen-bond acceptors (Lipinski definition) is 6. The number of hydrogen-bond donors (Lipinski definition) is 2. The van der Waals surface area contributed by atoms with E-state index in [2.05, 4.69) is 20.6 Å². The van der Waals surface area contributed by atoms with Crippen molar-refractivity contribution in [1.82, 2.24) is 9.97 Å². The van der Waals surface area contributed by atoms with Crippen LogP contribution in [0.2, 0.25) is 5.02 Å². The topological polar surface area (TPSA) is 68.3 Å². The lowest BCUT2D eigenvalue weighted by atomic mass is 10.2. The fourth-order valence-corrected chi connectivity index (χ4v) is 2.78. The van der Waals surface area contributed by atoms with Crippen LogP contribution in [-0.2, 0) is 0 Å². The Balaban J connectivity index is 1.91. The average molecular weight is 385 g/mol. The lowest BCUT2D eigenvalue weighted by Crippen LogP contribution is -2.04. The van der Waals surface area contributed by atoms with E-state index in [0.717, 1.165) is 16.9 Å². The van der Waals surface area contributed by atoms with Gasteiger partial charge in [-0.05, 0) is 43.7 Å². The molecule has 2 N–H and O–H groups in total. The fraction of sp³-hybridized carbons (Fsp3) is 0.200. The van der Waals surface area contributed by atoms with Gasteiger partial charge in [0.2, 0.25) is 5.95 Å². The monoisotopic (exact) mass is 384 g/mol. The van der Waals surface area contributed by atoms with Crippen molar-refractivity contribution in [1.29, 1.82) is 0 Å². The third-order valence-electron chi connectivity index (χ3n) is 4.04. The number of benzene rings is 2. The zero-order valence-corrected chi connectivity index (χ0v) is 16.4. The predicted molar refractivity (Wildman–Crippen MR) is 109 cm³/mol. The average Bonchev–Trinajstić information content (AvgIpc) is 2.65. The summed E-state index contributed by atoms with van der Waals surface area (Å²) in [5.41, 5.74) is 3.38. The zero-order chi connectivity index (χ0) is 19.4. The highest BCUT2D eigenvalue weighted by molar-refractivity contribution is 6.31. The molecule has 6 nitrogen and oxygen atoms in total. The van der Waals surface area contributed by atoms with E-state index < -0.39 is 0 Å². The molecule has 0 saturated carbocycles. The number of rotatable bonds is 6. The molecule has 0 aliphatic carbocycles. The van der Waals surface area contributed by atoms with E-state index in [0.29, 0.717) is 34.0 Å². The van der Waals surface area contributed by atoms with Gasteiger partial charge in [-0.1, -0.05) is 17.7 Å². The quantitative estimate of drug-likeness (QED) is 0.604. The predicted octanol–water partition coefficient (Wildman–Crippen LogP) is 5.25. The van der Waals surface area contributed by atoms with Gasteiger partial charge < -0.3 is 20.1 Å². The van der Waals surface area contributed by atoms with Crippen molar-refractivity contribution in [2.45, 2.75) is 13.8 Å². The molecule has 2 aromatic carbocycles.